The summed E-state index contributed by atoms with van der Waals surface area (Å²) in [6.45, 7) is 1.94. The van der Waals surface area contributed by atoms with Gasteiger partial charge in [-0.15, -0.1) is 0 Å². The molecule has 0 radical (unpaired) electrons. The molecule has 1 atom stereocenters. The van der Waals surface area contributed by atoms with Crippen LogP contribution >= 0.6 is 0 Å². The van der Waals surface area contributed by atoms with Crippen molar-refractivity contribution in [2.24, 2.45) is 5.92 Å². The molecule has 2 amide bonds. The maximum absolute atomic E-state index is 13.5. The summed E-state index contributed by atoms with van der Waals surface area (Å²) in [5.74, 6) is -2.20. The molecule has 1 heterocycles. The Balaban J connectivity index is 1.76. The van der Waals surface area contributed by atoms with Gasteiger partial charge in [-0.2, -0.15) is 4.39 Å². The zero-order chi connectivity index (χ0) is 18.8. The van der Waals surface area contributed by atoms with E-state index in [2.05, 4.69) is 5.32 Å². The van der Waals surface area contributed by atoms with E-state index in [-0.39, 0.29) is 30.5 Å². The van der Waals surface area contributed by atoms with Crippen LogP contribution in [0, 0.1) is 28.8 Å². The Morgan fingerprint density at radius 2 is 2.04 bits per heavy atom. The van der Waals surface area contributed by atoms with Gasteiger partial charge < -0.3 is 10.2 Å². The summed E-state index contributed by atoms with van der Waals surface area (Å²) >= 11 is 0. The molecule has 0 saturated carbocycles. The largest absolute Gasteiger partial charge is 0.326 e. The lowest BCUT2D eigenvalue weighted by Crippen LogP contribution is -2.28. The third-order valence-electron chi connectivity index (χ3n) is 4.34. The highest BCUT2D eigenvalue weighted by Crippen LogP contribution is 2.30. The van der Waals surface area contributed by atoms with Crippen molar-refractivity contribution in [2.45, 2.75) is 13.3 Å². The Morgan fingerprint density at radius 1 is 1.31 bits per heavy atom. The van der Waals surface area contributed by atoms with Gasteiger partial charge in [0, 0.05) is 24.7 Å². The highest BCUT2D eigenvalue weighted by Gasteiger charge is 2.36. The lowest BCUT2D eigenvalue weighted by Gasteiger charge is -2.17. The quantitative estimate of drug-likeness (QED) is 0.672. The molecule has 0 bridgehead atoms. The van der Waals surface area contributed by atoms with Gasteiger partial charge in [-0.1, -0.05) is 18.2 Å². The summed E-state index contributed by atoms with van der Waals surface area (Å²) in [4.78, 5) is 36.0. The summed E-state index contributed by atoms with van der Waals surface area (Å²) in [6, 6.07) is 10.5. The predicted octanol–water partition coefficient (Wildman–Crippen LogP) is 3.03. The first-order valence-corrected chi connectivity index (χ1v) is 7.97. The molecule has 26 heavy (non-hydrogen) atoms. The third-order valence-corrected chi connectivity index (χ3v) is 4.34. The van der Waals surface area contributed by atoms with Crippen LogP contribution in [0.5, 0.6) is 0 Å². The Kier molecular flexibility index (Phi) is 4.66. The van der Waals surface area contributed by atoms with Gasteiger partial charge in [0.05, 0.1) is 16.5 Å². The molecule has 8 heteroatoms. The van der Waals surface area contributed by atoms with Crippen molar-refractivity contribution in [3.05, 3.63) is 64.0 Å². The first-order valence-electron chi connectivity index (χ1n) is 7.97. The smallest absolute Gasteiger partial charge is 0.306 e. The first kappa shape index (κ1) is 17.5. The van der Waals surface area contributed by atoms with E-state index in [1.807, 2.05) is 19.1 Å². The molecular weight excluding hydrogens is 341 g/mol. The number of carbonyl (C=O) groups excluding carboxylic acids is 2. The van der Waals surface area contributed by atoms with Crippen LogP contribution in [-0.2, 0) is 9.59 Å². The zero-order valence-corrected chi connectivity index (χ0v) is 13.9. The first-order chi connectivity index (χ1) is 12.4. The predicted molar refractivity (Wildman–Crippen MR) is 93.3 cm³/mol. The Bertz CT molecular complexity index is 900. The van der Waals surface area contributed by atoms with Crippen molar-refractivity contribution in [3.8, 4) is 0 Å². The standard InChI is InChI=1S/C18H16FN3O4/c1-11-4-2-3-5-15(11)20-18(24)12-8-17(23)21(10-12)13-6-7-14(19)16(9-13)22(25)26/h2-7,9,12H,8,10H2,1H3,(H,20,24). The minimum Gasteiger partial charge on any atom is -0.326 e. The third kappa shape index (κ3) is 3.39. The summed E-state index contributed by atoms with van der Waals surface area (Å²) in [5.41, 5.74) is 1.06. The van der Waals surface area contributed by atoms with E-state index in [0.717, 1.165) is 17.7 Å². The van der Waals surface area contributed by atoms with Crippen LogP contribution in [0.15, 0.2) is 42.5 Å². The molecule has 0 aromatic heterocycles. The van der Waals surface area contributed by atoms with Crippen LogP contribution in [-0.4, -0.2) is 23.3 Å². The van der Waals surface area contributed by atoms with Gasteiger partial charge in [0.2, 0.25) is 17.6 Å². The number of nitrogens with one attached hydrogen (secondary N) is 1. The number of nitro groups is 1. The van der Waals surface area contributed by atoms with Crippen LogP contribution in [0.3, 0.4) is 0 Å². The second-order valence-corrected chi connectivity index (χ2v) is 6.10. The number of nitro benzene ring substituents is 1. The van der Waals surface area contributed by atoms with Gasteiger partial charge in [0.25, 0.3) is 0 Å². The number of halogens is 1. The minimum absolute atomic E-state index is 0.0110. The number of anilines is 2. The van der Waals surface area contributed by atoms with Crippen molar-refractivity contribution in [3.63, 3.8) is 0 Å². The number of hydrogen-bond donors (Lipinski definition) is 1. The van der Waals surface area contributed by atoms with Gasteiger partial charge in [0.15, 0.2) is 0 Å². The number of para-hydroxylation sites is 1. The van der Waals surface area contributed by atoms with Crippen molar-refractivity contribution in [2.75, 3.05) is 16.8 Å². The van der Waals surface area contributed by atoms with Gasteiger partial charge in [-0.05, 0) is 30.7 Å². The Labute approximate surface area is 148 Å². The monoisotopic (exact) mass is 357 g/mol. The van der Waals surface area contributed by atoms with E-state index in [0.29, 0.717) is 5.69 Å². The number of aryl methyl sites for hydroxylation is 1. The number of benzene rings is 2. The van der Waals surface area contributed by atoms with E-state index in [4.69, 9.17) is 0 Å². The van der Waals surface area contributed by atoms with E-state index < -0.39 is 22.3 Å². The fourth-order valence-electron chi connectivity index (χ4n) is 2.89. The average Bonchev–Trinajstić information content (AvgIpc) is 2.99. The molecule has 0 spiro atoms. The number of hydrogen-bond acceptors (Lipinski definition) is 4. The molecule has 1 unspecified atom stereocenters. The van der Waals surface area contributed by atoms with Crippen LogP contribution in [0.4, 0.5) is 21.5 Å². The summed E-state index contributed by atoms with van der Waals surface area (Å²) in [5, 5.41) is 13.7. The van der Waals surface area contributed by atoms with E-state index in [1.165, 1.54) is 11.0 Å². The lowest BCUT2D eigenvalue weighted by atomic mass is 10.1. The van der Waals surface area contributed by atoms with Crippen molar-refractivity contribution >= 4 is 28.9 Å². The van der Waals surface area contributed by atoms with Crippen LogP contribution in [0.2, 0.25) is 0 Å². The molecule has 1 aliphatic heterocycles. The zero-order valence-electron chi connectivity index (χ0n) is 13.9. The number of rotatable bonds is 4. The Morgan fingerprint density at radius 3 is 2.73 bits per heavy atom. The minimum atomic E-state index is -0.973. The molecule has 134 valence electrons. The SMILES string of the molecule is Cc1ccccc1NC(=O)C1CC(=O)N(c2ccc(F)c([N+](=O)[O-])c2)C1. The van der Waals surface area contributed by atoms with Crippen molar-refractivity contribution < 1.29 is 18.9 Å². The molecule has 0 aliphatic carbocycles. The highest BCUT2D eigenvalue weighted by molar-refractivity contribution is 6.03. The molecule has 3 rings (SSSR count). The fraction of sp³-hybridized carbons (Fsp3) is 0.222. The average molecular weight is 357 g/mol. The highest BCUT2D eigenvalue weighted by atomic mass is 19.1. The van der Waals surface area contributed by atoms with Crippen LogP contribution in [0.25, 0.3) is 0 Å². The lowest BCUT2D eigenvalue weighted by molar-refractivity contribution is -0.387. The van der Waals surface area contributed by atoms with Crippen LogP contribution in [0.1, 0.15) is 12.0 Å². The molecule has 2 aromatic carbocycles. The molecule has 1 N–H and O–H groups in total. The summed E-state index contributed by atoms with van der Waals surface area (Å²) in [7, 11) is 0. The topological polar surface area (TPSA) is 92.6 Å². The number of nitrogens with zero attached hydrogens (tertiary/aromatic N) is 2. The van der Waals surface area contributed by atoms with E-state index in [9.17, 15) is 24.1 Å². The number of amides is 2. The molecule has 1 aliphatic rings. The van der Waals surface area contributed by atoms with E-state index >= 15 is 0 Å². The fourth-order valence-corrected chi connectivity index (χ4v) is 2.89. The molecule has 1 saturated heterocycles. The second-order valence-electron chi connectivity index (χ2n) is 6.10. The van der Waals surface area contributed by atoms with Crippen molar-refractivity contribution in [1.82, 2.24) is 0 Å². The molecule has 2 aromatic rings. The van der Waals surface area contributed by atoms with Gasteiger partial charge >= 0.3 is 5.69 Å². The molecular formula is C18H16FN3O4. The van der Waals surface area contributed by atoms with Gasteiger partial charge in [-0.3, -0.25) is 19.7 Å². The van der Waals surface area contributed by atoms with Gasteiger partial charge in [-0.25, -0.2) is 0 Å². The van der Waals surface area contributed by atoms with Crippen LogP contribution < -0.4 is 10.2 Å². The second kappa shape index (κ2) is 6.91. The normalized spacial score (nSPS) is 16.6. The summed E-state index contributed by atoms with van der Waals surface area (Å²) in [6.07, 6.45) is -0.0110. The van der Waals surface area contributed by atoms with Crippen molar-refractivity contribution in [1.29, 1.82) is 0 Å². The van der Waals surface area contributed by atoms with Gasteiger partial charge in [0.1, 0.15) is 0 Å². The Hall–Kier alpha value is -3.29. The maximum Gasteiger partial charge on any atom is 0.306 e. The van der Waals surface area contributed by atoms with E-state index in [1.54, 1.807) is 12.1 Å². The number of carbonyl (C=O) groups is 2. The maximum atomic E-state index is 13.5. The molecule has 7 nitrogen and oxygen atoms in total. The summed E-state index contributed by atoms with van der Waals surface area (Å²) < 4.78 is 13.5. The molecule has 1 fully saturated rings.